The van der Waals surface area contributed by atoms with Gasteiger partial charge in [0.25, 0.3) is 11.8 Å². The van der Waals surface area contributed by atoms with E-state index < -0.39 is 0 Å². The molecule has 1 saturated carbocycles. The van der Waals surface area contributed by atoms with E-state index in [4.69, 9.17) is 16.3 Å². The molecule has 1 fully saturated rings. The van der Waals surface area contributed by atoms with Gasteiger partial charge in [-0.15, -0.1) is 0 Å². The number of amides is 2. The predicted octanol–water partition coefficient (Wildman–Crippen LogP) is 4.84. The molecule has 1 aliphatic carbocycles. The maximum atomic E-state index is 12.4. The van der Waals surface area contributed by atoms with Gasteiger partial charge in [0, 0.05) is 28.7 Å². The van der Waals surface area contributed by atoms with Crippen LogP contribution in [0.1, 0.15) is 34.3 Å². The van der Waals surface area contributed by atoms with Crippen molar-refractivity contribution in [2.24, 2.45) is 0 Å². The van der Waals surface area contributed by atoms with Crippen molar-refractivity contribution in [2.75, 3.05) is 11.9 Å². The van der Waals surface area contributed by atoms with E-state index in [1.54, 1.807) is 36.4 Å². The number of hydrogen-bond acceptors (Lipinski definition) is 3. The summed E-state index contributed by atoms with van der Waals surface area (Å²) in [6, 6.07) is 22.5. The van der Waals surface area contributed by atoms with Crippen LogP contribution in [0.2, 0.25) is 5.02 Å². The van der Waals surface area contributed by atoms with Crippen molar-refractivity contribution in [1.82, 2.24) is 5.32 Å². The minimum atomic E-state index is -0.305. The molecule has 4 rings (SSSR count). The lowest BCUT2D eigenvalue weighted by Gasteiger charge is -2.13. The average Bonchev–Trinajstić information content (AvgIpc) is 3.58. The Kier molecular flexibility index (Phi) is 6.53. The third-order valence-corrected chi connectivity index (χ3v) is 5.17. The second kappa shape index (κ2) is 9.67. The number of ether oxygens (including phenoxy) is 1. The second-order valence-electron chi connectivity index (χ2n) is 7.58. The zero-order valence-corrected chi connectivity index (χ0v) is 17.7. The van der Waals surface area contributed by atoms with Gasteiger partial charge in [0.05, 0.1) is 0 Å². The molecule has 0 aliphatic heterocycles. The number of carbonyl (C=O) groups is 2. The first-order valence-corrected chi connectivity index (χ1v) is 10.6. The summed E-state index contributed by atoms with van der Waals surface area (Å²) in [6.45, 7) is -0.151. The minimum Gasteiger partial charge on any atom is -0.483 e. The van der Waals surface area contributed by atoms with Gasteiger partial charge < -0.3 is 15.4 Å². The molecule has 5 nitrogen and oxygen atoms in total. The molecule has 1 aliphatic rings. The molecular formula is C25H23ClN2O3. The number of carbonyl (C=O) groups excluding carboxylic acids is 2. The Balaban J connectivity index is 1.37. The lowest BCUT2D eigenvalue weighted by Crippen LogP contribution is -2.25. The van der Waals surface area contributed by atoms with Crippen molar-refractivity contribution in [1.29, 1.82) is 0 Å². The first-order chi connectivity index (χ1) is 15.1. The van der Waals surface area contributed by atoms with Crippen LogP contribution in [0, 0.1) is 0 Å². The molecule has 0 unspecified atom stereocenters. The molecule has 0 spiro atoms. The first kappa shape index (κ1) is 20.9. The van der Waals surface area contributed by atoms with Crippen molar-refractivity contribution in [3.63, 3.8) is 0 Å². The van der Waals surface area contributed by atoms with Gasteiger partial charge in [-0.1, -0.05) is 48.0 Å². The number of halogens is 1. The van der Waals surface area contributed by atoms with Gasteiger partial charge in [0.1, 0.15) is 5.75 Å². The van der Waals surface area contributed by atoms with Crippen molar-refractivity contribution in [2.45, 2.75) is 25.3 Å². The highest BCUT2D eigenvalue weighted by Gasteiger charge is 2.23. The summed E-state index contributed by atoms with van der Waals surface area (Å²) in [5, 5.41) is 6.34. The standard InChI is InChI=1S/C25H23ClN2O3/c26-20-9-12-23(19(14-20)13-17-5-2-1-3-6-17)31-16-24(29)27-22-8-4-7-18(15-22)25(30)28-21-10-11-21/h1-9,12,14-15,21H,10-11,13,16H2,(H,27,29)(H,28,30). The molecule has 0 radical (unpaired) electrons. The van der Waals surface area contributed by atoms with Gasteiger partial charge in [0.15, 0.2) is 6.61 Å². The monoisotopic (exact) mass is 434 g/mol. The van der Waals surface area contributed by atoms with E-state index in [1.807, 2.05) is 36.4 Å². The highest BCUT2D eigenvalue weighted by molar-refractivity contribution is 6.30. The fraction of sp³-hybridized carbons (Fsp3) is 0.200. The summed E-state index contributed by atoms with van der Waals surface area (Å²) < 4.78 is 5.79. The van der Waals surface area contributed by atoms with Crippen LogP contribution < -0.4 is 15.4 Å². The maximum Gasteiger partial charge on any atom is 0.262 e. The van der Waals surface area contributed by atoms with Gasteiger partial charge in [-0.05, 0) is 60.4 Å². The van der Waals surface area contributed by atoms with Crippen LogP contribution in [-0.4, -0.2) is 24.5 Å². The van der Waals surface area contributed by atoms with Crippen LogP contribution in [0.3, 0.4) is 0 Å². The molecule has 3 aromatic rings. The molecule has 158 valence electrons. The first-order valence-electron chi connectivity index (χ1n) is 10.2. The normalized spacial score (nSPS) is 12.8. The minimum absolute atomic E-state index is 0.124. The summed E-state index contributed by atoms with van der Waals surface area (Å²) in [5.41, 5.74) is 3.11. The van der Waals surface area contributed by atoms with E-state index in [2.05, 4.69) is 10.6 Å². The van der Waals surface area contributed by atoms with Crippen molar-refractivity contribution < 1.29 is 14.3 Å². The van der Waals surface area contributed by atoms with Gasteiger partial charge in [-0.3, -0.25) is 9.59 Å². The van der Waals surface area contributed by atoms with Gasteiger partial charge >= 0.3 is 0 Å². The SMILES string of the molecule is O=C(COc1ccc(Cl)cc1Cc1ccccc1)Nc1cccc(C(=O)NC2CC2)c1. The fourth-order valence-corrected chi connectivity index (χ4v) is 3.41. The van der Waals surface area contributed by atoms with E-state index in [0.717, 1.165) is 24.0 Å². The number of nitrogens with one attached hydrogen (secondary N) is 2. The highest BCUT2D eigenvalue weighted by atomic mass is 35.5. The predicted molar refractivity (Wildman–Crippen MR) is 122 cm³/mol. The largest absolute Gasteiger partial charge is 0.483 e. The van der Waals surface area contributed by atoms with Crippen LogP contribution in [0.25, 0.3) is 0 Å². The summed E-state index contributed by atoms with van der Waals surface area (Å²) in [7, 11) is 0. The second-order valence-corrected chi connectivity index (χ2v) is 8.02. The Morgan fingerprint density at radius 1 is 0.968 bits per heavy atom. The third-order valence-electron chi connectivity index (χ3n) is 4.94. The number of benzene rings is 3. The summed E-state index contributed by atoms with van der Waals surface area (Å²) >= 11 is 6.16. The van der Waals surface area contributed by atoms with Crippen LogP contribution in [0.4, 0.5) is 5.69 Å². The lowest BCUT2D eigenvalue weighted by molar-refractivity contribution is -0.118. The fourth-order valence-electron chi connectivity index (χ4n) is 3.22. The molecule has 0 saturated heterocycles. The van der Waals surface area contributed by atoms with Crippen molar-refractivity contribution >= 4 is 29.1 Å². The van der Waals surface area contributed by atoms with Crippen molar-refractivity contribution in [3.8, 4) is 5.75 Å². The summed E-state index contributed by atoms with van der Waals surface area (Å²) in [5.74, 6) is 0.183. The van der Waals surface area contributed by atoms with E-state index in [-0.39, 0.29) is 24.5 Å². The molecule has 0 heterocycles. The van der Waals surface area contributed by atoms with Crippen LogP contribution in [0.15, 0.2) is 72.8 Å². The van der Waals surface area contributed by atoms with E-state index in [0.29, 0.717) is 28.4 Å². The van der Waals surface area contributed by atoms with Gasteiger partial charge in [-0.2, -0.15) is 0 Å². The van der Waals surface area contributed by atoms with Gasteiger partial charge in [0.2, 0.25) is 0 Å². The van der Waals surface area contributed by atoms with Crippen LogP contribution in [-0.2, 0) is 11.2 Å². The number of rotatable bonds is 8. The summed E-state index contributed by atoms with van der Waals surface area (Å²) in [4.78, 5) is 24.6. The Bertz CT molecular complexity index is 1080. The lowest BCUT2D eigenvalue weighted by atomic mass is 10.0. The molecular weight excluding hydrogens is 412 g/mol. The zero-order valence-electron chi connectivity index (χ0n) is 16.9. The quantitative estimate of drug-likeness (QED) is 0.533. The molecule has 2 N–H and O–H groups in total. The van der Waals surface area contributed by atoms with Gasteiger partial charge in [-0.25, -0.2) is 0 Å². The number of hydrogen-bond donors (Lipinski definition) is 2. The Morgan fingerprint density at radius 2 is 1.77 bits per heavy atom. The van der Waals surface area contributed by atoms with E-state index >= 15 is 0 Å². The van der Waals surface area contributed by atoms with Crippen LogP contribution in [0.5, 0.6) is 5.75 Å². The summed E-state index contributed by atoms with van der Waals surface area (Å²) in [6.07, 6.45) is 2.70. The average molecular weight is 435 g/mol. The molecule has 0 aromatic heterocycles. The molecule has 2 amide bonds. The molecule has 6 heteroatoms. The molecule has 0 bridgehead atoms. The Labute approximate surface area is 186 Å². The Morgan fingerprint density at radius 3 is 2.55 bits per heavy atom. The van der Waals surface area contributed by atoms with E-state index in [9.17, 15) is 9.59 Å². The van der Waals surface area contributed by atoms with Crippen LogP contribution >= 0.6 is 11.6 Å². The third kappa shape index (κ3) is 6.09. The van der Waals surface area contributed by atoms with Crippen molar-refractivity contribution in [3.05, 3.63) is 94.5 Å². The topological polar surface area (TPSA) is 67.4 Å². The smallest absolute Gasteiger partial charge is 0.262 e. The zero-order chi connectivity index (χ0) is 21.6. The van der Waals surface area contributed by atoms with E-state index in [1.165, 1.54) is 0 Å². The number of anilines is 1. The highest BCUT2D eigenvalue weighted by Crippen LogP contribution is 2.26. The Hall–Kier alpha value is -3.31. The molecule has 3 aromatic carbocycles. The molecule has 31 heavy (non-hydrogen) atoms. The molecule has 0 atom stereocenters. The maximum absolute atomic E-state index is 12.4.